The van der Waals surface area contributed by atoms with Gasteiger partial charge >= 0.3 is 12.0 Å². The number of urea groups is 1. The van der Waals surface area contributed by atoms with Crippen molar-refractivity contribution in [2.24, 2.45) is 17.6 Å². The molecule has 148 valence electrons. The van der Waals surface area contributed by atoms with E-state index in [1.807, 2.05) is 30.3 Å². The van der Waals surface area contributed by atoms with Gasteiger partial charge in [-0.2, -0.15) is 0 Å². The fraction of sp³-hybridized carbons (Fsp3) is 0.550. The Morgan fingerprint density at radius 2 is 1.89 bits per heavy atom. The highest BCUT2D eigenvalue weighted by Crippen LogP contribution is 2.29. The van der Waals surface area contributed by atoms with E-state index in [1.165, 1.54) is 6.42 Å². The highest BCUT2D eigenvalue weighted by Gasteiger charge is 2.29. The predicted molar refractivity (Wildman–Crippen MR) is 102 cm³/mol. The van der Waals surface area contributed by atoms with E-state index in [1.54, 1.807) is 0 Å². The molecular weight excluding hydrogens is 346 g/mol. The fourth-order valence-corrected chi connectivity index (χ4v) is 3.49. The molecule has 0 radical (unpaired) electrons. The van der Waals surface area contributed by atoms with E-state index in [-0.39, 0.29) is 25.0 Å². The summed E-state index contributed by atoms with van der Waals surface area (Å²) >= 11 is 0. The molecule has 2 rings (SSSR count). The standard InChI is InChI=1S/C20H29N3O4/c1-13-7-6-10-16(14(13)2)22-18(24)12-27-19(25)17(23-20(21)26)11-15-8-4-3-5-9-15/h3-5,8-9,13-14,16-17H,6-7,10-12H2,1-2H3,(H,22,24)(H3,21,23,26)/t13-,14+,16+,17-/m0/s1. The Balaban J connectivity index is 1.86. The molecule has 0 heterocycles. The number of nitrogens with two attached hydrogens (primary N) is 1. The van der Waals surface area contributed by atoms with Crippen molar-refractivity contribution in [3.8, 4) is 0 Å². The molecule has 1 aromatic rings. The van der Waals surface area contributed by atoms with E-state index < -0.39 is 18.0 Å². The molecule has 0 saturated heterocycles. The highest BCUT2D eigenvalue weighted by atomic mass is 16.5. The van der Waals surface area contributed by atoms with Gasteiger partial charge in [-0.1, -0.05) is 57.0 Å². The van der Waals surface area contributed by atoms with Gasteiger partial charge in [0.15, 0.2) is 6.61 Å². The molecule has 0 spiro atoms. The van der Waals surface area contributed by atoms with Gasteiger partial charge in [-0.05, 0) is 23.8 Å². The van der Waals surface area contributed by atoms with Gasteiger partial charge in [0.05, 0.1) is 0 Å². The van der Waals surface area contributed by atoms with Crippen LogP contribution in [0.25, 0.3) is 0 Å². The van der Waals surface area contributed by atoms with E-state index in [2.05, 4.69) is 24.5 Å². The van der Waals surface area contributed by atoms with Crippen molar-refractivity contribution in [3.05, 3.63) is 35.9 Å². The van der Waals surface area contributed by atoms with E-state index >= 15 is 0 Å². The maximum absolute atomic E-state index is 12.3. The summed E-state index contributed by atoms with van der Waals surface area (Å²) in [5.74, 6) is -0.0629. The van der Waals surface area contributed by atoms with Crippen LogP contribution < -0.4 is 16.4 Å². The molecule has 4 atom stereocenters. The number of esters is 1. The van der Waals surface area contributed by atoms with Crippen LogP contribution in [0.15, 0.2) is 30.3 Å². The Hall–Kier alpha value is -2.57. The molecule has 0 unspecified atom stereocenters. The van der Waals surface area contributed by atoms with Gasteiger partial charge < -0.3 is 21.1 Å². The first-order valence-electron chi connectivity index (χ1n) is 9.42. The molecule has 1 aliphatic carbocycles. The lowest BCUT2D eigenvalue weighted by atomic mass is 9.78. The van der Waals surface area contributed by atoms with Gasteiger partial charge in [0.2, 0.25) is 0 Å². The Morgan fingerprint density at radius 1 is 1.19 bits per heavy atom. The van der Waals surface area contributed by atoms with Crippen molar-refractivity contribution in [2.75, 3.05) is 6.61 Å². The summed E-state index contributed by atoms with van der Waals surface area (Å²) < 4.78 is 5.12. The Bertz CT molecular complexity index is 650. The summed E-state index contributed by atoms with van der Waals surface area (Å²) in [7, 11) is 0. The maximum Gasteiger partial charge on any atom is 0.329 e. The minimum Gasteiger partial charge on any atom is -0.454 e. The van der Waals surface area contributed by atoms with Crippen LogP contribution in [0.1, 0.15) is 38.7 Å². The number of benzene rings is 1. The monoisotopic (exact) mass is 375 g/mol. The second-order valence-corrected chi connectivity index (χ2v) is 7.30. The van der Waals surface area contributed by atoms with Crippen LogP contribution in [-0.2, 0) is 20.7 Å². The second kappa shape index (κ2) is 9.94. The quantitative estimate of drug-likeness (QED) is 0.631. The maximum atomic E-state index is 12.3. The predicted octanol–water partition coefficient (Wildman–Crippen LogP) is 1.75. The summed E-state index contributed by atoms with van der Waals surface area (Å²) in [6, 6.07) is 7.54. The first-order chi connectivity index (χ1) is 12.9. The van der Waals surface area contributed by atoms with Crippen LogP contribution in [0.2, 0.25) is 0 Å². The summed E-state index contributed by atoms with van der Waals surface area (Å²) in [5.41, 5.74) is 6.01. The number of rotatable bonds is 7. The average Bonchev–Trinajstić information content (AvgIpc) is 2.63. The minimum atomic E-state index is -0.939. The van der Waals surface area contributed by atoms with E-state index in [0.29, 0.717) is 11.8 Å². The van der Waals surface area contributed by atoms with Crippen LogP contribution >= 0.6 is 0 Å². The third-order valence-electron chi connectivity index (χ3n) is 5.28. The van der Waals surface area contributed by atoms with Crippen molar-refractivity contribution in [1.29, 1.82) is 0 Å². The van der Waals surface area contributed by atoms with Crippen LogP contribution in [0.4, 0.5) is 4.79 Å². The number of hydrogen-bond acceptors (Lipinski definition) is 4. The number of primary amides is 1. The molecule has 0 aromatic heterocycles. The molecule has 7 nitrogen and oxygen atoms in total. The largest absolute Gasteiger partial charge is 0.454 e. The summed E-state index contributed by atoms with van der Waals surface area (Å²) in [6.45, 7) is 3.95. The number of ether oxygens (including phenoxy) is 1. The number of hydrogen-bond donors (Lipinski definition) is 3. The van der Waals surface area contributed by atoms with Crippen molar-refractivity contribution in [3.63, 3.8) is 0 Å². The molecule has 27 heavy (non-hydrogen) atoms. The first kappa shape index (κ1) is 20.7. The lowest BCUT2D eigenvalue weighted by Gasteiger charge is -2.34. The van der Waals surface area contributed by atoms with Crippen molar-refractivity contribution < 1.29 is 19.1 Å². The number of amides is 3. The van der Waals surface area contributed by atoms with Crippen molar-refractivity contribution >= 4 is 17.9 Å². The van der Waals surface area contributed by atoms with E-state index in [9.17, 15) is 14.4 Å². The zero-order chi connectivity index (χ0) is 19.8. The molecular formula is C20H29N3O4. The third kappa shape index (κ3) is 6.58. The first-order valence-corrected chi connectivity index (χ1v) is 9.42. The number of carbonyl (C=O) groups excluding carboxylic acids is 3. The molecule has 7 heteroatoms. The van der Waals surface area contributed by atoms with Gasteiger partial charge in [0, 0.05) is 12.5 Å². The third-order valence-corrected chi connectivity index (χ3v) is 5.28. The zero-order valence-corrected chi connectivity index (χ0v) is 15.9. The number of carbonyl (C=O) groups is 3. The summed E-state index contributed by atoms with van der Waals surface area (Å²) in [5, 5.41) is 5.33. The van der Waals surface area contributed by atoms with Crippen LogP contribution in [0.3, 0.4) is 0 Å². The molecule has 1 saturated carbocycles. The Labute approximate surface area is 160 Å². The van der Waals surface area contributed by atoms with Gasteiger partial charge in [-0.15, -0.1) is 0 Å². The molecule has 1 aromatic carbocycles. The van der Waals surface area contributed by atoms with Crippen LogP contribution in [0, 0.1) is 11.8 Å². The second-order valence-electron chi connectivity index (χ2n) is 7.30. The van der Waals surface area contributed by atoms with Crippen molar-refractivity contribution in [2.45, 2.75) is 51.6 Å². The smallest absolute Gasteiger partial charge is 0.329 e. The average molecular weight is 375 g/mol. The lowest BCUT2D eigenvalue weighted by Crippen LogP contribution is -2.48. The molecule has 4 N–H and O–H groups in total. The Kier molecular flexibility index (Phi) is 7.64. The van der Waals surface area contributed by atoms with Gasteiger partial charge in [-0.3, -0.25) is 4.79 Å². The Morgan fingerprint density at radius 3 is 2.56 bits per heavy atom. The van der Waals surface area contributed by atoms with E-state index in [4.69, 9.17) is 10.5 Å². The fourth-order valence-electron chi connectivity index (χ4n) is 3.49. The molecule has 3 amide bonds. The highest BCUT2D eigenvalue weighted by molar-refractivity contribution is 5.85. The normalized spacial score (nSPS) is 23.1. The van der Waals surface area contributed by atoms with Crippen LogP contribution in [0.5, 0.6) is 0 Å². The van der Waals surface area contributed by atoms with Gasteiger partial charge in [0.1, 0.15) is 6.04 Å². The number of nitrogens with one attached hydrogen (secondary N) is 2. The molecule has 1 fully saturated rings. The zero-order valence-electron chi connectivity index (χ0n) is 15.9. The van der Waals surface area contributed by atoms with E-state index in [0.717, 1.165) is 18.4 Å². The lowest BCUT2D eigenvalue weighted by molar-refractivity contribution is -0.150. The van der Waals surface area contributed by atoms with Crippen LogP contribution in [-0.4, -0.2) is 36.6 Å². The molecule has 1 aliphatic rings. The summed E-state index contributed by atoms with van der Waals surface area (Å²) in [4.78, 5) is 35.7. The SMILES string of the molecule is C[C@@H]1[C@@H](C)CCC[C@H]1NC(=O)COC(=O)[C@H](Cc1ccccc1)NC(N)=O. The molecule has 0 bridgehead atoms. The topological polar surface area (TPSA) is 111 Å². The van der Waals surface area contributed by atoms with Gasteiger partial charge in [-0.25, -0.2) is 9.59 Å². The van der Waals surface area contributed by atoms with Crippen molar-refractivity contribution in [1.82, 2.24) is 10.6 Å². The summed E-state index contributed by atoms with van der Waals surface area (Å²) in [6.07, 6.45) is 3.42. The van der Waals surface area contributed by atoms with Gasteiger partial charge in [0.25, 0.3) is 5.91 Å². The minimum absolute atomic E-state index is 0.101. The molecule has 0 aliphatic heterocycles.